The summed E-state index contributed by atoms with van der Waals surface area (Å²) in [6.45, 7) is 3.25. The van der Waals surface area contributed by atoms with E-state index in [1.54, 1.807) is 43.3 Å². The van der Waals surface area contributed by atoms with Gasteiger partial charge in [0.05, 0.1) is 18.2 Å². The molecule has 1 atom stereocenters. The van der Waals surface area contributed by atoms with Crippen molar-refractivity contribution >= 4 is 5.91 Å². The molecule has 2 aromatic rings. The minimum atomic E-state index is -0.656. The van der Waals surface area contributed by atoms with E-state index in [2.05, 4.69) is 5.32 Å². The Labute approximate surface area is 164 Å². The number of carbonyl (C=O) groups is 1. The topological polar surface area (TPSA) is 50.8 Å². The normalized spacial score (nSPS) is 12.1. The SMILES string of the molecule is CCOCCOc1ccccc1C(=O)NCC(c1c(F)cccc1F)N(C)C. The molecule has 0 saturated heterocycles. The molecule has 1 unspecified atom stereocenters. The first kappa shape index (κ1) is 21.8. The standard InChI is InChI=1S/C21H26F2N2O3/c1-4-27-12-13-28-19-11-6-5-8-15(19)21(26)24-14-18(25(2)3)20-16(22)9-7-10-17(20)23/h5-11,18H,4,12-14H2,1-3H3,(H,24,26). The number of likely N-dealkylation sites (N-methyl/N-ethyl adjacent to an activating group) is 1. The second-order valence-electron chi connectivity index (χ2n) is 6.37. The van der Waals surface area contributed by atoms with Gasteiger partial charge in [0.1, 0.15) is 24.0 Å². The molecule has 5 nitrogen and oxygen atoms in total. The van der Waals surface area contributed by atoms with E-state index in [-0.39, 0.29) is 18.0 Å². The van der Waals surface area contributed by atoms with Crippen LogP contribution in [-0.4, -0.2) is 51.3 Å². The summed E-state index contributed by atoms with van der Waals surface area (Å²) in [7, 11) is 3.40. The smallest absolute Gasteiger partial charge is 0.255 e. The molecular formula is C21H26F2N2O3. The van der Waals surface area contributed by atoms with Crippen molar-refractivity contribution in [2.24, 2.45) is 0 Å². The zero-order valence-electron chi connectivity index (χ0n) is 16.4. The van der Waals surface area contributed by atoms with E-state index in [0.717, 1.165) is 0 Å². The largest absolute Gasteiger partial charge is 0.490 e. The van der Waals surface area contributed by atoms with E-state index in [1.807, 2.05) is 6.92 Å². The van der Waals surface area contributed by atoms with Crippen molar-refractivity contribution in [3.05, 3.63) is 65.2 Å². The Morgan fingerprint density at radius 2 is 1.75 bits per heavy atom. The summed E-state index contributed by atoms with van der Waals surface area (Å²) in [5.41, 5.74) is 0.277. The summed E-state index contributed by atoms with van der Waals surface area (Å²) < 4.78 is 39.2. The Morgan fingerprint density at radius 3 is 2.39 bits per heavy atom. The number of ether oxygens (including phenoxy) is 2. The molecule has 0 aliphatic heterocycles. The van der Waals surface area contributed by atoms with Crippen LogP contribution < -0.4 is 10.1 Å². The van der Waals surface area contributed by atoms with Gasteiger partial charge in [-0.25, -0.2) is 8.78 Å². The van der Waals surface area contributed by atoms with Crippen molar-refractivity contribution in [2.45, 2.75) is 13.0 Å². The lowest BCUT2D eigenvalue weighted by Gasteiger charge is -2.26. The highest BCUT2D eigenvalue weighted by Crippen LogP contribution is 2.24. The monoisotopic (exact) mass is 392 g/mol. The molecule has 0 bridgehead atoms. The molecule has 152 valence electrons. The molecule has 0 saturated carbocycles. The van der Waals surface area contributed by atoms with Gasteiger partial charge in [-0.05, 0) is 45.3 Å². The number of amides is 1. The predicted octanol–water partition coefficient (Wildman–Crippen LogP) is 3.41. The number of hydrogen-bond donors (Lipinski definition) is 1. The average molecular weight is 392 g/mol. The van der Waals surface area contributed by atoms with Crippen LogP contribution in [-0.2, 0) is 4.74 Å². The second kappa shape index (κ2) is 10.7. The van der Waals surface area contributed by atoms with E-state index >= 15 is 0 Å². The van der Waals surface area contributed by atoms with Crippen molar-refractivity contribution in [1.29, 1.82) is 0 Å². The maximum absolute atomic E-state index is 14.2. The fourth-order valence-corrected chi connectivity index (χ4v) is 2.79. The maximum atomic E-state index is 14.2. The van der Waals surface area contributed by atoms with Gasteiger partial charge in [0.2, 0.25) is 0 Å². The number of halogens is 2. The molecule has 7 heteroatoms. The van der Waals surface area contributed by atoms with Crippen molar-refractivity contribution < 1.29 is 23.0 Å². The molecular weight excluding hydrogens is 366 g/mol. The van der Waals surface area contributed by atoms with E-state index in [9.17, 15) is 13.6 Å². The Kier molecular flexibility index (Phi) is 8.35. The first-order valence-electron chi connectivity index (χ1n) is 9.13. The van der Waals surface area contributed by atoms with Crippen LogP contribution in [0.25, 0.3) is 0 Å². The fourth-order valence-electron chi connectivity index (χ4n) is 2.79. The molecule has 1 amide bonds. The Hall–Kier alpha value is -2.51. The number of hydrogen-bond acceptors (Lipinski definition) is 4. The summed E-state index contributed by atoms with van der Waals surface area (Å²) >= 11 is 0. The van der Waals surface area contributed by atoms with E-state index < -0.39 is 17.7 Å². The van der Waals surface area contributed by atoms with Gasteiger partial charge in [-0.15, -0.1) is 0 Å². The van der Waals surface area contributed by atoms with Crippen LogP contribution in [0.3, 0.4) is 0 Å². The molecule has 0 heterocycles. The lowest BCUT2D eigenvalue weighted by molar-refractivity contribution is 0.0924. The Balaban J connectivity index is 2.10. The van der Waals surface area contributed by atoms with Crippen molar-refractivity contribution in [3.8, 4) is 5.75 Å². The predicted molar refractivity (Wildman–Crippen MR) is 104 cm³/mol. The summed E-state index contributed by atoms with van der Waals surface area (Å²) in [5, 5.41) is 2.75. The minimum Gasteiger partial charge on any atom is -0.490 e. The van der Waals surface area contributed by atoms with E-state index in [1.165, 1.54) is 18.2 Å². The van der Waals surface area contributed by atoms with Crippen molar-refractivity contribution in [1.82, 2.24) is 10.2 Å². The van der Waals surface area contributed by atoms with Crippen LogP contribution in [0.15, 0.2) is 42.5 Å². The maximum Gasteiger partial charge on any atom is 0.255 e. The van der Waals surface area contributed by atoms with Crippen LogP contribution >= 0.6 is 0 Å². The van der Waals surface area contributed by atoms with Gasteiger partial charge in [-0.1, -0.05) is 18.2 Å². The molecule has 0 aliphatic rings. The highest BCUT2D eigenvalue weighted by Gasteiger charge is 2.23. The molecule has 0 spiro atoms. The first-order valence-corrected chi connectivity index (χ1v) is 9.13. The molecule has 0 fully saturated rings. The molecule has 2 aromatic carbocycles. The third-order valence-electron chi connectivity index (χ3n) is 4.23. The highest BCUT2D eigenvalue weighted by atomic mass is 19.1. The molecule has 2 rings (SSSR count). The van der Waals surface area contributed by atoms with Gasteiger partial charge in [0.15, 0.2) is 0 Å². The van der Waals surface area contributed by atoms with Crippen LogP contribution in [0, 0.1) is 11.6 Å². The summed E-state index contributed by atoms with van der Waals surface area (Å²) in [6, 6.07) is 9.90. The van der Waals surface area contributed by atoms with Crippen LogP contribution in [0.4, 0.5) is 8.78 Å². The van der Waals surface area contributed by atoms with Gasteiger partial charge in [-0.2, -0.15) is 0 Å². The fraction of sp³-hybridized carbons (Fsp3) is 0.381. The van der Waals surface area contributed by atoms with Gasteiger partial charge in [0.25, 0.3) is 5.91 Å². The summed E-state index contributed by atoms with van der Waals surface area (Å²) in [5.74, 6) is -1.24. The average Bonchev–Trinajstić information content (AvgIpc) is 2.67. The van der Waals surface area contributed by atoms with Gasteiger partial charge in [-0.3, -0.25) is 4.79 Å². The third kappa shape index (κ3) is 5.74. The molecule has 0 aromatic heterocycles. The quantitative estimate of drug-likeness (QED) is 0.630. The number of nitrogens with one attached hydrogen (secondary N) is 1. The first-order chi connectivity index (χ1) is 13.5. The number of benzene rings is 2. The lowest BCUT2D eigenvalue weighted by atomic mass is 10.0. The summed E-state index contributed by atoms with van der Waals surface area (Å²) in [4.78, 5) is 14.3. The number of rotatable bonds is 10. The van der Waals surface area contributed by atoms with E-state index in [4.69, 9.17) is 9.47 Å². The Morgan fingerprint density at radius 1 is 1.07 bits per heavy atom. The van der Waals surface area contributed by atoms with Gasteiger partial charge < -0.3 is 19.7 Å². The van der Waals surface area contributed by atoms with Gasteiger partial charge >= 0.3 is 0 Å². The van der Waals surface area contributed by atoms with Crippen molar-refractivity contribution in [3.63, 3.8) is 0 Å². The molecule has 1 N–H and O–H groups in total. The van der Waals surface area contributed by atoms with E-state index in [0.29, 0.717) is 31.1 Å². The third-order valence-corrected chi connectivity index (χ3v) is 4.23. The zero-order valence-corrected chi connectivity index (χ0v) is 16.4. The highest BCUT2D eigenvalue weighted by molar-refractivity contribution is 5.96. The van der Waals surface area contributed by atoms with Gasteiger partial charge in [0, 0.05) is 18.7 Å². The van der Waals surface area contributed by atoms with Crippen LogP contribution in [0.5, 0.6) is 5.75 Å². The van der Waals surface area contributed by atoms with Crippen LogP contribution in [0.2, 0.25) is 0 Å². The minimum absolute atomic E-state index is 0.0387. The number of nitrogens with zero attached hydrogens (tertiary/aromatic N) is 1. The number of carbonyl (C=O) groups excluding carboxylic acids is 1. The molecule has 0 radical (unpaired) electrons. The number of para-hydroxylation sites is 1. The molecule has 28 heavy (non-hydrogen) atoms. The van der Waals surface area contributed by atoms with Crippen molar-refractivity contribution in [2.75, 3.05) is 40.5 Å². The lowest BCUT2D eigenvalue weighted by Crippen LogP contribution is -2.35. The van der Waals surface area contributed by atoms with Crippen LogP contribution in [0.1, 0.15) is 28.9 Å². The zero-order chi connectivity index (χ0) is 20.5. The summed E-state index contributed by atoms with van der Waals surface area (Å²) in [6.07, 6.45) is 0. The Bertz CT molecular complexity index is 764. The molecule has 0 aliphatic carbocycles. The second-order valence-corrected chi connectivity index (χ2v) is 6.37.